The topological polar surface area (TPSA) is 47.0 Å². The van der Waals surface area contributed by atoms with Crippen LogP contribution in [0.3, 0.4) is 0 Å². The van der Waals surface area contributed by atoms with E-state index in [1.807, 2.05) is 19.1 Å². The predicted octanol–water partition coefficient (Wildman–Crippen LogP) is 3.01. The molecule has 0 amide bonds. The van der Waals surface area contributed by atoms with Crippen molar-refractivity contribution in [1.29, 1.82) is 0 Å². The minimum Gasteiger partial charge on any atom is -0.481 e. The fourth-order valence-electron chi connectivity index (χ4n) is 1.87. The molecule has 0 spiro atoms. The van der Waals surface area contributed by atoms with Crippen LogP contribution in [0.25, 0.3) is 0 Å². The lowest BCUT2D eigenvalue weighted by Crippen LogP contribution is -2.12. The number of rotatable bonds is 5. The van der Waals surface area contributed by atoms with Crippen molar-refractivity contribution in [2.45, 2.75) is 19.8 Å². The van der Waals surface area contributed by atoms with Crippen molar-refractivity contribution in [3.63, 3.8) is 0 Å². The molecule has 0 aliphatic carbocycles. The maximum absolute atomic E-state index is 5.14. The quantitative estimate of drug-likeness (QED) is 0.894. The van der Waals surface area contributed by atoms with Gasteiger partial charge in [-0.15, -0.1) is 0 Å². The lowest BCUT2D eigenvalue weighted by Gasteiger charge is -2.13. The number of nitrogens with one attached hydrogen (secondary N) is 1. The molecule has 0 saturated carbocycles. The predicted molar refractivity (Wildman–Crippen MR) is 76.7 cm³/mol. The Bertz CT molecular complexity index is 528. The van der Waals surface area contributed by atoms with Crippen LogP contribution in [-0.2, 0) is 0 Å². The highest BCUT2D eigenvalue weighted by Gasteiger charge is 2.07. The Balaban J connectivity index is 2.01. The molecule has 0 saturated heterocycles. The van der Waals surface area contributed by atoms with Gasteiger partial charge in [-0.2, -0.15) is 4.98 Å². The van der Waals surface area contributed by atoms with Crippen LogP contribution in [0.5, 0.6) is 5.88 Å². The number of methoxy groups -OCH3 is 1. The summed E-state index contributed by atoms with van der Waals surface area (Å²) in [5.74, 6) is 1.60. The van der Waals surface area contributed by atoms with Crippen LogP contribution >= 0.6 is 0 Å². The molecule has 2 rings (SSSR count). The van der Waals surface area contributed by atoms with E-state index in [9.17, 15) is 0 Å². The van der Waals surface area contributed by atoms with Crippen molar-refractivity contribution < 1.29 is 4.74 Å². The molecule has 0 bridgehead atoms. The van der Waals surface area contributed by atoms with E-state index in [1.165, 1.54) is 5.56 Å². The van der Waals surface area contributed by atoms with Crippen LogP contribution in [0, 0.1) is 6.92 Å². The van der Waals surface area contributed by atoms with Crippen molar-refractivity contribution in [1.82, 2.24) is 9.97 Å². The van der Waals surface area contributed by atoms with Gasteiger partial charge in [0.1, 0.15) is 0 Å². The Hall–Kier alpha value is -2.10. The highest BCUT2D eigenvalue weighted by atomic mass is 16.5. The molecule has 100 valence electrons. The summed E-state index contributed by atoms with van der Waals surface area (Å²) in [6, 6.07) is 12.2. The average molecular weight is 257 g/mol. The van der Waals surface area contributed by atoms with E-state index in [0.29, 0.717) is 17.7 Å². The van der Waals surface area contributed by atoms with E-state index in [1.54, 1.807) is 7.11 Å². The van der Waals surface area contributed by atoms with Gasteiger partial charge < -0.3 is 10.1 Å². The number of hydrogen-bond donors (Lipinski definition) is 1. The number of aromatic nitrogens is 2. The molecule has 1 N–H and O–H groups in total. The minimum atomic E-state index is 0.399. The van der Waals surface area contributed by atoms with Gasteiger partial charge in [-0.3, -0.25) is 0 Å². The molecule has 1 atom stereocenters. The van der Waals surface area contributed by atoms with Gasteiger partial charge in [0.25, 0.3) is 0 Å². The van der Waals surface area contributed by atoms with E-state index in [0.717, 1.165) is 12.2 Å². The zero-order valence-electron chi connectivity index (χ0n) is 11.6. The molecular weight excluding hydrogens is 238 g/mol. The first-order chi connectivity index (χ1) is 9.19. The number of aryl methyl sites for hydroxylation is 1. The van der Waals surface area contributed by atoms with Crippen LogP contribution in [0.4, 0.5) is 5.95 Å². The van der Waals surface area contributed by atoms with Crippen LogP contribution in [-0.4, -0.2) is 23.6 Å². The number of ether oxygens (including phenoxy) is 1. The first-order valence-corrected chi connectivity index (χ1v) is 6.37. The lowest BCUT2D eigenvalue weighted by atomic mass is 10.0. The number of hydrogen-bond acceptors (Lipinski definition) is 4. The Morgan fingerprint density at radius 1 is 1.21 bits per heavy atom. The van der Waals surface area contributed by atoms with Gasteiger partial charge in [0, 0.05) is 18.3 Å². The van der Waals surface area contributed by atoms with Gasteiger partial charge in [0.2, 0.25) is 11.8 Å². The third-order valence-corrected chi connectivity index (χ3v) is 2.97. The van der Waals surface area contributed by atoms with Crippen molar-refractivity contribution in [3.05, 3.63) is 47.7 Å². The molecule has 0 aliphatic heterocycles. The summed E-state index contributed by atoms with van der Waals surface area (Å²) in [6.45, 7) is 4.89. The minimum absolute atomic E-state index is 0.399. The first kappa shape index (κ1) is 13.3. The monoisotopic (exact) mass is 257 g/mol. The molecule has 1 unspecified atom stereocenters. The summed E-state index contributed by atoms with van der Waals surface area (Å²) in [4.78, 5) is 8.62. The first-order valence-electron chi connectivity index (χ1n) is 6.37. The maximum atomic E-state index is 5.14. The van der Waals surface area contributed by atoms with Gasteiger partial charge in [-0.25, -0.2) is 4.98 Å². The van der Waals surface area contributed by atoms with E-state index >= 15 is 0 Å². The summed E-state index contributed by atoms with van der Waals surface area (Å²) < 4.78 is 5.14. The lowest BCUT2D eigenvalue weighted by molar-refractivity contribution is 0.397. The molecule has 1 heterocycles. The van der Waals surface area contributed by atoms with Crippen molar-refractivity contribution in [2.24, 2.45) is 0 Å². The second kappa shape index (κ2) is 6.18. The third kappa shape index (κ3) is 3.68. The summed E-state index contributed by atoms with van der Waals surface area (Å²) in [7, 11) is 1.61. The van der Waals surface area contributed by atoms with Crippen LogP contribution in [0.1, 0.15) is 24.1 Å². The molecule has 0 radical (unpaired) electrons. The Morgan fingerprint density at radius 2 is 1.95 bits per heavy atom. The zero-order chi connectivity index (χ0) is 13.7. The van der Waals surface area contributed by atoms with Gasteiger partial charge in [-0.05, 0) is 18.4 Å². The molecule has 1 aromatic heterocycles. The van der Waals surface area contributed by atoms with E-state index < -0.39 is 0 Å². The Labute approximate surface area is 113 Å². The molecule has 4 nitrogen and oxygen atoms in total. The van der Waals surface area contributed by atoms with Gasteiger partial charge in [0.05, 0.1) is 7.11 Å². The van der Waals surface area contributed by atoms with E-state index in [2.05, 4.69) is 46.5 Å². The van der Waals surface area contributed by atoms with Gasteiger partial charge in [0.15, 0.2) is 0 Å². The van der Waals surface area contributed by atoms with E-state index in [4.69, 9.17) is 4.74 Å². The highest BCUT2D eigenvalue weighted by Crippen LogP contribution is 2.16. The maximum Gasteiger partial charge on any atom is 0.226 e. The molecule has 0 aliphatic rings. The zero-order valence-corrected chi connectivity index (χ0v) is 11.6. The largest absolute Gasteiger partial charge is 0.481 e. The smallest absolute Gasteiger partial charge is 0.226 e. The van der Waals surface area contributed by atoms with Crippen LogP contribution in [0.2, 0.25) is 0 Å². The normalized spacial score (nSPS) is 11.9. The van der Waals surface area contributed by atoms with Gasteiger partial charge in [-0.1, -0.05) is 37.3 Å². The Kier molecular flexibility index (Phi) is 4.34. The van der Waals surface area contributed by atoms with Crippen LogP contribution in [0.15, 0.2) is 36.4 Å². The molecule has 4 heteroatoms. The molecule has 1 aromatic carbocycles. The van der Waals surface area contributed by atoms with Crippen molar-refractivity contribution >= 4 is 5.95 Å². The molecule has 2 aromatic rings. The number of anilines is 1. The second-order valence-electron chi connectivity index (χ2n) is 4.57. The summed E-state index contributed by atoms with van der Waals surface area (Å²) in [5, 5.41) is 3.26. The van der Waals surface area contributed by atoms with Crippen molar-refractivity contribution in [2.75, 3.05) is 19.0 Å². The standard InChI is InChI=1S/C15H19N3O/c1-11(13-7-5-4-6-8-13)10-16-15-17-12(2)9-14(18-15)19-3/h4-9,11H,10H2,1-3H3,(H,16,17,18). The summed E-state index contributed by atoms with van der Waals surface area (Å²) >= 11 is 0. The number of benzene rings is 1. The van der Waals surface area contributed by atoms with Gasteiger partial charge >= 0.3 is 0 Å². The van der Waals surface area contributed by atoms with Crippen LogP contribution < -0.4 is 10.1 Å². The SMILES string of the molecule is COc1cc(C)nc(NCC(C)c2ccccc2)n1. The number of nitrogens with zero attached hydrogens (tertiary/aromatic N) is 2. The van der Waals surface area contributed by atoms with Crippen molar-refractivity contribution in [3.8, 4) is 5.88 Å². The van der Waals surface area contributed by atoms with E-state index in [-0.39, 0.29) is 0 Å². The highest BCUT2D eigenvalue weighted by molar-refractivity contribution is 5.31. The third-order valence-electron chi connectivity index (χ3n) is 2.97. The fraction of sp³-hybridized carbons (Fsp3) is 0.333. The summed E-state index contributed by atoms with van der Waals surface area (Å²) in [5.41, 5.74) is 2.19. The second-order valence-corrected chi connectivity index (χ2v) is 4.57. The molecular formula is C15H19N3O. The summed E-state index contributed by atoms with van der Waals surface area (Å²) in [6.07, 6.45) is 0. The average Bonchev–Trinajstić information content (AvgIpc) is 2.45. The Morgan fingerprint density at radius 3 is 2.63 bits per heavy atom. The fourth-order valence-corrected chi connectivity index (χ4v) is 1.87. The molecule has 19 heavy (non-hydrogen) atoms. The molecule has 0 fully saturated rings.